The van der Waals surface area contributed by atoms with E-state index in [1.165, 1.54) is 0 Å². The van der Waals surface area contributed by atoms with Crippen LogP contribution in [0, 0.1) is 0 Å². The van der Waals surface area contributed by atoms with E-state index in [1.54, 1.807) is 6.07 Å². The van der Waals surface area contributed by atoms with Crippen molar-refractivity contribution < 1.29 is 9.15 Å². The Morgan fingerprint density at radius 3 is 2.33 bits per heavy atom. The van der Waals surface area contributed by atoms with E-state index in [1.807, 2.05) is 40.7 Å². The summed E-state index contributed by atoms with van der Waals surface area (Å²) >= 11 is 6.28. The quantitative estimate of drug-likeness (QED) is 0.620. The summed E-state index contributed by atoms with van der Waals surface area (Å²) in [7, 11) is 0. The summed E-state index contributed by atoms with van der Waals surface area (Å²) in [5, 5.41) is 1.53. The largest absolute Gasteiger partial charge is 0.492 e. The lowest BCUT2D eigenvalue weighted by molar-refractivity contribution is 0.317. The molecule has 0 amide bonds. The number of fused-ring (bicyclic) bond motifs is 3. The Hall–Kier alpha value is -1.48. The third-order valence-electron chi connectivity index (χ3n) is 3.74. The minimum absolute atomic E-state index is 0.212. The first-order valence-electron chi connectivity index (χ1n) is 9.11. The normalized spacial score (nSPS) is 12.4. The summed E-state index contributed by atoms with van der Waals surface area (Å²) in [4.78, 5) is 12.0. The molecule has 3 nitrogen and oxygen atoms in total. The summed E-state index contributed by atoms with van der Waals surface area (Å²) in [5.74, 6) is 0.583. The summed E-state index contributed by atoms with van der Waals surface area (Å²) in [6.07, 6.45) is 4.79. The van der Waals surface area contributed by atoms with E-state index in [2.05, 4.69) is 0 Å². The number of aryl methyl sites for hydroxylation is 1. The van der Waals surface area contributed by atoms with Crippen LogP contribution in [0.3, 0.4) is 0 Å². The molecule has 0 radical (unpaired) electrons. The fourth-order valence-electron chi connectivity index (χ4n) is 2.77. The van der Waals surface area contributed by atoms with Crippen LogP contribution in [-0.2, 0) is 12.8 Å². The molecule has 3 rings (SSSR count). The van der Waals surface area contributed by atoms with E-state index in [0.717, 1.165) is 48.6 Å². The minimum atomic E-state index is -0.212. The van der Waals surface area contributed by atoms with E-state index in [-0.39, 0.29) is 5.63 Å². The van der Waals surface area contributed by atoms with Gasteiger partial charge in [-0.3, -0.25) is 0 Å². The lowest BCUT2D eigenvalue weighted by atomic mass is 9.91. The maximum absolute atomic E-state index is 12.0. The lowest BCUT2D eigenvalue weighted by Gasteiger charge is -2.17. The Labute approximate surface area is 150 Å². The first kappa shape index (κ1) is 20.6. The van der Waals surface area contributed by atoms with Gasteiger partial charge in [-0.05, 0) is 43.7 Å². The van der Waals surface area contributed by atoms with Crippen molar-refractivity contribution in [2.75, 3.05) is 6.61 Å². The van der Waals surface area contributed by atoms with Crippen LogP contribution in [-0.4, -0.2) is 6.61 Å². The van der Waals surface area contributed by atoms with Gasteiger partial charge in [0.25, 0.3) is 0 Å². The second-order valence-corrected chi connectivity index (χ2v) is 5.59. The highest BCUT2D eigenvalue weighted by atomic mass is 35.5. The van der Waals surface area contributed by atoms with Crippen molar-refractivity contribution in [3.63, 3.8) is 0 Å². The van der Waals surface area contributed by atoms with Crippen LogP contribution in [0.25, 0.3) is 11.0 Å². The zero-order chi connectivity index (χ0) is 18.1. The highest BCUT2D eigenvalue weighted by molar-refractivity contribution is 6.32. The van der Waals surface area contributed by atoms with Gasteiger partial charge in [0.1, 0.15) is 11.3 Å². The van der Waals surface area contributed by atoms with E-state index < -0.39 is 0 Å². The average Bonchev–Trinajstić information content (AvgIpc) is 2.64. The molecule has 1 aromatic heterocycles. The number of halogens is 1. The molecule has 134 valence electrons. The van der Waals surface area contributed by atoms with E-state index in [0.29, 0.717) is 23.0 Å². The number of hydrogen-bond acceptors (Lipinski definition) is 3. The molecular formula is C20H29ClO3. The molecule has 24 heavy (non-hydrogen) atoms. The van der Waals surface area contributed by atoms with E-state index in [4.69, 9.17) is 20.8 Å². The molecule has 0 bridgehead atoms. The average molecular weight is 353 g/mol. The fourth-order valence-corrected chi connectivity index (χ4v) is 2.99. The molecule has 1 aromatic carbocycles. The van der Waals surface area contributed by atoms with Crippen molar-refractivity contribution in [3.05, 3.63) is 38.7 Å². The van der Waals surface area contributed by atoms with Crippen molar-refractivity contribution in [3.8, 4) is 5.75 Å². The highest BCUT2D eigenvalue weighted by Gasteiger charge is 2.19. The first-order chi connectivity index (χ1) is 11.7. The summed E-state index contributed by atoms with van der Waals surface area (Å²) in [5.41, 5.74) is 2.29. The van der Waals surface area contributed by atoms with Gasteiger partial charge >= 0.3 is 5.63 Å². The van der Waals surface area contributed by atoms with Gasteiger partial charge in [-0.1, -0.05) is 46.2 Å². The van der Waals surface area contributed by atoms with Gasteiger partial charge < -0.3 is 9.15 Å². The molecule has 1 aliphatic carbocycles. The Kier molecular flexibility index (Phi) is 8.91. The van der Waals surface area contributed by atoms with Crippen LogP contribution in [0.15, 0.2) is 21.3 Å². The van der Waals surface area contributed by atoms with Crippen molar-refractivity contribution >= 4 is 22.6 Å². The van der Waals surface area contributed by atoms with Gasteiger partial charge in [0, 0.05) is 17.0 Å². The maximum Gasteiger partial charge on any atom is 0.339 e. The number of hydrogen-bond donors (Lipinski definition) is 0. The van der Waals surface area contributed by atoms with Gasteiger partial charge in [0.15, 0.2) is 0 Å². The molecule has 0 aliphatic heterocycles. The van der Waals surface area contributed by atoms with Crippen LogP contribution in [0.1, 0.15) is 65.0 Å². The third kappa shape index (κ3) is 4.54. The van der Waals surface area contributed by atoms with Crippen LogP contribution in [0.4, 0.5) is 0 Å². The Morgan fingerprint density at radius 2 is 1.71 bits per heavy atom. The molecule has 1 heterocycles. The van der Waals surface area contributed by atoms with Crippen LogP contribution in [0.2, 0.25) is 5.02 Å². The predicted octanol–water partition coefficient (Wildman–Crippen LogP) is 6.17. The van der Waals surface area contributed by atoms with Crippen molar-refractivity contribution in [1.29, 1.82) is 0 Å². The molecule has 0 saturated carbocycles. The van der Waals surface area contributed by atoms with Crippen LogP contribution >= 0.6 is 11.6 Å². The van der Waals surface area contributed by atoms with E-state index >= 15 is 0 Å². The second kappa shape index (κ2) is 10.4. The Bertz CT molecular complexity index is 704. The predicted molar refractivity (Wildman–Crippen MR) is 103 cm³/mol. The Morgan fingerprint density at radius 1 is 1.08 bits per heavy atom. The number of benzene rings is 1. The smallest absolute Gasteiger partial charge is 0.339 e. The molecule has 0 saturated heterocycles. The van der Waals surface area contributed by atoms with Gasteiger partial charge in [0.2, 0.25) is 0 Å². The third-order valence-corrected chi connectivity index (χ3v) is 4.03. The molecule has 0 N–H and O–H groups in total. The maximum atomic E-state index is 12.0. The van der Waals surface area contributed by atoms with Crippen molar-refractivity contribution in [2.24, 2.45) is 0 Å². The van der Waals surface area contributed by atoms with Crippen LogP contribution < -0.4 is 10.4 Å². The molecule has 0 spiro atoms. The van der Waals surface area contributed by atoms with E-state index in [9.17, 15) is 4.79 Å². The molecule has 0 atom stereocenters. The summed E-state index contributed by atoms with van der Waals surface area (Å²) in [6, 6.07) is 3.61. The molecule has 1 aliphatic rings. The summed E-state index contributed by atoms with van der Waals surface area (Å²) in [6.45, 7) is 10.6. The lowest BCUT2D eigenvalue weighted by Crippen LogP contribution is -2.15. The topological polar surface area (TPSA) is 39.4 Å². The monoisotopic (exact) mass is 352 g/mol. The summed E-state index contributed by atoms with van der Waals surface area (Å²) < 4.78 is 11.0. The van der Waals surface area contributed by atoms with Crippen molar-refractivity contribution in [2.45, 2.75) is 66.7 Å². The SMILES string of the molecule is CC.CC.CCCOc1cc2oc(=O)c3c(c2cc1Cl)CCCC3. The highest BCUT2D eigenvalue weighted by Crippen LogP contribution is 2.34. The molecule has 4 heteroatoms. The zero-order valence-corrected chi connectivity index (χ0v) is 16.3. The van der Waals surface area contributed by atoms with Gasteiger partial charge in [-0.25, -0.2) is 4.79 Å². The standard InChI is InChI=1S/C16H17ClO3.2C2H6/c1-2-7-19-15-9-14-12(8-13(15)17)10-5-3-4-6-11(10)16(18)20-14;2*1-2/h8-9H,2-7H2,1H3;2*1-2H3. The zero-order valence-electron chi connectivity index (χ0n) is 15.5. The first-order valence-corrected chi connectivity index (χ1v) is 9.49. The van der Waals surface area contributed by atoms with Gasteiger partial charge in [-0.2, -0.15) is 0 Å². The Balaban J connectivity index is 0.000000671. The fraction of sp³-hybridized carbons (Fsp3) is 0.550. The van der Waals surface area contributed by atoms with Gasteiger partial charge in [0.05, 0.1) is 11.6 Å². The second-order valence-electron chi connectivity index (χ2n) is 5.18. The number of ether oxygens (including phenoxy) is 1. The number of rotatable bonds is 3. The van der Waals surface area contributed by atoms with Gasteiger partial charge in [-0.15, -0.1) is 0 Å². The van der Waals surface area contributed by atoms with Crippen LogP contribution in [0.5, 0.6) is 5.75 Å². The molecular weight excluding hydrogens is 324 g/mol. The minimum Gasteiger partial charge on any atom is -0.492 e. The van der Waals surface area contributed by atoms with Crippen molar-refractivity contribution in [1.82, 2.24) is 0 Å². The molecule has 0 fully saturated rings. The molecule has 2 aromatic rings. The molecule has 0 unspecified atom stereocenters.